The maximum absolute atomic E-state index is 11.2. The minimum absolute atomic E-state index is 0.00112. The monoisotopic (exact) mass is 294 g/mol. The Hall–Kier alpha value is -2.13. The van der Waals surface area contributed by atoms with E-state index in [1.54, 1.807) is 6.92 Å². The van der Waals surface area contributed by atoms with Crippen molar-refractivity contribution in [3.8, 4) is 11.1 Å². The molecule has 0 saturated carbocycles. The molecule has 114 valence electrons. The van der Waals surface area contributed by atoms with Gasteiger partial charge in [0.2, 0.25) is 5.91 Å². The standard InChI is InChI=1S/C19H22N2O/c1-13(21-14(2)22)15-6-8-16(9-7-15)18-5-3-4-17-12-20-11-10-19(17)18/h3-9,13,20H,10-12H2,1-2H3,(H,21,22)/t13-/m1/s1. The van der Waals surface area contributed by atoms with Gasteiger partial charge in [-0.3, -0.25) is 4.79 Å². The predicted octanol–water partition coefficient (Wildman–Crippen LogP) is 3.20. The summed E-state index contributed by atoms with van der Waals surface area (Å²) in [5.41, 5.74) is 6.57. The van der Waals surface area contributed by atoms with Crippen LogP contribution in [0.3, 0.4) is 0 Å². The molecule has 1 aliphatic heterocycles. The van der Waals surface area contributed by atoms with E-state index in [9.17, 15) is 4.79 Å². The molecule has 0 spiro atoms. The van der Waals surface area contributed by atoms with Gasteiger partial charge in [-0.15, -0.1) is 0 Å². The molecule has 0 aromatic heterocycles. The molecule has 3 heteroatoms. The second-order valence-corrected chi connectivity index (χ2v) is 5.91. The van der Waals surface area contributed by atoms with Gasteiger partial charge in [0, 0.05) is 13.5 Å². The molecule has 0 radical (unpaired) electrons. The number of benzene rings is 2. The van der Waals surface area contributed by atoms with E-state index >= 15 is 0 Å². The smallest absolute Gasteiger partial charge is 0.217 e. The SMILES string of the molecule is CC(=O)N[C@H](C)c1ccc(-c2cccc3c2CCNC3)cc1. The molecule has 22 heavy (non-hydrogen) atoms. The number of carbonyl (C=O) groups excluding carboxylic acids is 1. The third kappa shape index (κ3) is 3.04. The molecule has 0 fully saturated rings. The van der Waals surface area contributed by atoms with Gasteiger partial charge >= 0.3 is 0 Å². The van der Waals surface area contributed by atoms with Crippen molar-refractivity contribution in [2.75, 3.05) is 6.54 Å². The van der Waals surface area contributed by atoms with Gasteiger partial charge in [0.05, 0.1) is 6.04 Å². The van der Waals surface area contributed by atoms with E-state index < -0.39 is 0 Å². The normalized spacial score (nSPS) is 15.0. The number of hydrogen-bond donors (Lipinski definition) is 2. The summed E-state index contributed by atoms with van der Waals surface area (Å²) in [5.74, 6) is 0.00112. The highest BCUT2D eigenvalue weighted by Gasteiger charge is 2.14. The minimum Gasteiger partial charge on any atom is -0.350 e. The van der Waals surface area contributed by atoms with Crippen LogP contribution < -0.4 is 10.6 Å². The van der Waals surface area contributed by atoms with Crippen molar-refractivity contribution in [3.05, 3.63) is 59.2 Å². The quantitative estimate of drug-likeness (QED) is 0.913. The van der Waals surface area contributed by atoms with E-state index in [-0.39, 0.29) is 11.9 Å². The number of carbonyl (C=O) groups is 1. The zero-order valence-electron chi connectivity index (χ0n) is 13.1. The van der Waals surface area contributed by atoms with Crippen molar-refractivity contribution in [3.63, 3.8) is 0 Å². The number of fused-ring (bicyclic) bond motifs is 1. The van der Waals surface area contributed by atoms with Gasteiger partial charge in [0.15, 0.2) is 0 Å². The van der Waals surface area contributed by atoms with Crippen molar-refractivity contribution in [2.45, 2.75) is 32.9 Å². The number of hydrogen-bond acceptors (Lipinski definition) is 2. The lowest BCUT2D eigenvalue weighted by Crippen LogP contribution is -2.24. The van der Waals surface area contributed by atoms with Gasteiger partial charge in [-0.2, -0.15) is 0 Å². The fourth-order valence-electron chi connectivity index (χ4n) is 3.14. The largest absolute Gasteiger partial charge is 0.350 e. The van der Waals surface area contributed by atoms with Crippen LogP contribution in [0.15, 0.2) is 42.5 Å². The number of nitrogens with one attached hydrogen (secondary N) is 2. The molecule has 1 aliphatic rings. The summed E-state index contributed by atoms with van der Waals surface area (Å²) < 4.78 is 0. The third-order valence-electron chi connectivity index (χ3n) is 4.28. The molecular formula is C19H22N2O. The Balaban J connectivity index is 1.89. The van der Waals surface area contributed by atoms with E-state index in [1.807, 2.05) is 6.92 Å². The second kappa shape index (κ2) is 6.32. The zero-order chi connectivity index (χ0) is 15.5. The van der Waals surface area contributed by atoms with Gasteiger partial charge in [0.25, 0.3) is 0 Å². The van der Waals surface area contributed by atoms with Gasteiger partial charge in [-0.1, -0.05) is 42.5 Å². The Bertz CT molecular complexity index is 676. The summed E-state index contributed by atoms with van der Waals surface area (Å²) in [4.78, 5) is 11.2. The lowest BCUT2D eigenvalue weighted by atomic mass is 9.91. The molecule has 2 N–H and O–H groups in total. The van der Waals surface area contributed by atoms with Gasteiger partial charge in [-0.25, -0.2) is 0 Å². The molecule has 1 heterocycles. The summed E-state index contributed by atoms with van der Waals surface area (Å²) in [7, 11) is 0. The van der Waals surface area contributed by atoms with Gasteiger partial charge in [-0.05, 0) is 47.7 Å². The van der Waals surface area contributed by atoms with Crippen LogP contribution in [0.1, 0.15) is 36.6 Å². The Morgan fingerprint density at radius 2 is 1.95 bits per heavy atom. The summed E-state index contributed by atoms with van der Waals surface area (Å²) in [5, 5.41) is 6.34. The molecule has 0 aliphatic carbocycles. The molecule has 2 aromatic rings. The van der Waals surface area contributed by atoms with Crippen LogP contribution in [0.5, 0.6) is 0 Å². The summed E-state index contributed by atoms with van der Waals surface area (Å²) in [6, 6.07) is 15.1. The molecule has 3 nitrogen and oxygen atoms in total. The molecule has 1 amide bonds. The van der Waals surface area contributed by atoms with E-state index in [0.717, 1.165) is 25.1 Å². The summed E-state index contributed by atoms with van der Waals surface area (Å²) >= 11 is 0. The Kier molecular flexibility index (Phi) is 4.25. The van der Waals surface area contributed by atoms with Gasteiger partial charge < -0.3 is 10.6 Å². The molecule has 3 rings (SSSR count). The van der Waals surface area contributed by atoms with Gasteiger partial charge in [0.1, 0.15) is 0 Å². The van der Waals surface area contributed by atoms with Crippen LogP contribution in [0.25, 0.3) is 11.1 Å². The molecular weight excluding hydrogens is 272 g/mol. The van der Waals surface area contributed by atoms with E-state index in [0.29, 0.717) is 0 Å². The van der Waals surface area contributed by atoms with Crippen LogP contribution in [0, 0.1) is 0 Å². The van der Waals surface area contributed by atoms with Crippen molar-refractivity contribution >= 4 is 5.91 Å². The fraction of sp³-hybridized carbons (Fsp3) is 0.316. The average Bonchev–Trinajstić information content (AvgIpc) is 2.54. The topological polar surface area (TPSA) is 41.1 Å². The van der Waals surface area contributed by atoms with Crippen molar-refractivity contribution in [2.24, 2.45) is 0 Å². The van der Waals surface area contributed by atoms with Crippen molar-refractivity contribution in [1.29, 1.82) is 0 Å². The van der Waals surface area contributed by atoms with E-state index in [1.165, 1.54) is 22.3 Å². The van der Waals surface area contributed by atoms with E-state index in [2.05, 4.69) is 53.1 Å². The van der Waals surface area contributed by atoms with Crippen LogP contribution in [0.2, 0.25) is 0 Å². The zero-order valence-corrected chi connectivity index (χ0v) is 13.1. The fourth-order valence-corrected chi connectivity index (χ4v) is 3.14. The molecule has 0 bridgehead atoms. The first kappa shape index (κ1) is 14.8. The Labute approximate surface area is 131 Å². The first-order valence-corrected chi connectivity index (χ1v) is 7.84. The third-order valence-corrected chi connectivity index (χ3v) is 4.28. The van der Waals surface area contributed by atoms with E-state index in [4.69, 9.17) is 0 Å². The molecule has 2 aromatic carbocycles. The predicted molar refractivity (Wildman–Crippen MR) is 89.5 cm³/mol. The highest BCUT2D eigenvalue weighted by atomic mass is 16.1. The van der Waals surface area contributed by atoms with Crippen LogP contribution in [0.4, 0.5) is 0 Å². The molecule has 0 unspecified atom stereocenters. The first-order valence-electron chi connectivity index (χ1n) is 7.84. The molecule has 0 saturated heterocycles. The number of rotatable bonds is 3. The number of amides is 1. The molecule has 1 atom stereocenters. The summed E-state index contributed by atoms with van der Waals surface area (Å²) in [6.07, 6.45) is 1.08. The lowest BCUT2D eigenvalue weighted by molar-refractivity contribution is -0.119. The van der Waals surface area contributed by atoms with Crippen molar-refractivity contribution in [1.82, 2.24) is 10.6 Å². The minimum atomic E-state index is 0.00112. The Morgan fingerprint density at radius 3 is 2.68 bits per heavy atom. The van der Waals surface area contributed by atoms with Crippen LogP contribution in [-0.2, 0) is 17.8 Å². The van der Waals surface area contributed by atoms with Crippen LogP contribution in [-0.4, -0.2) is 12.5 Å². The maximum Gasteiger partial charge on any atom is 0.217 e. The highest BCUT2D eigenvalue weighted by Crippen LogP contribution is 2.29. The lowest BCUT2D eigenvalue weighted by Gasteiger charge is -2.21. The van der Waals surface area contributed by atoms with Crippen LogP contribution >= 0.6 is 0 Å². The summed E-state index contributed by atoms with van der Waals surface area (Å²) in [6.45, 7) is 5.56. The highest BCUT2D eigenvalue weighted by molar-refractivity contribution is 5.73. The average molecular weight is 294 g/mol. The Morgan fingerprint density at radius 1 is 1.18 bits per heavy atom. The second-order valence-electron chi connectivity index (χ2n) is 5.91. The maximum atomic E-state index is 11.2. The first-order chi connectivity index (χ1) is 10.6. The van der Waals surface area contributed by atoms with Crippen molar-refractivity contribution < 1.29 is 4.79 Å².